The maximum absolute atomic E-state index is 13.9. The van der Waals surface area contributed by atoms with Gasteiger partial charge in [0.15, 0.2) is 11.6 Å². The minimum Gasteiger partial charge on any atom is -0.288 e. The summed E-state index contributed by atoms with van der Waals surface area (Å²) in [6, 6.07) is 22.1. The first-order valence-electron chi connectivity index (χ1n) is 11.7. The van der Waals surface area contributed by atoms with Crippen LogP contribution in [0.3, 0.4) is 0 Å². The summed E-state index contributed by atoms with van der Waals surface area (Å²) in [7, 11) is -10.2. The molecule has 0 saturated carbocycles. The van der Waals surface area contributed by atoms with Gasteiger partial charge < -0.3 is 0 Å². The fraction of sp³-hybridized carbons (Fsp3) is 0.0714. The topological polar surface area (TPSA) is 149 Å². The van der Waals surface area contributed by atoms with Crippen LogP contribution >= 0.6 is 0 Å². The first-order chi connectivity index (χ1) is 18.8. The molecule has 0 fully saturated rings. The molecule has 4 aromatic rings. The number of ketones is 2. The molecule has 2 N–H and O–H groups in total. The van der Waals surface area contributed by atoms with Crippen molar-refractivity contribution in [2.24, 2.45) is 0 Å². The van der Waals surface area contributed by atoms with Gasteiger partial charge in [-0.25, -0.2) is 8.61 Å². The van der Waals surface area contributed by atoms with Crippen LogP contribution in [0.1, 0.15) is 43.0 Å². The number of hydrogen-bond donors (Lipinski definition) is 2. The van der Waals surface area contributed by atoms with Crippen LogP contribution in [0.25, 0.3) is 0 Å². The zero-order valence-electron chi connectivity index (χ0n) is 23.0. The molecule has 0 bridgehead atoms. The fourth-order valence-electron chi connectivity index (χ4n) is 4.53. The molecule has 0 aliphatic heterocycles. The Hall–Kier alpha value is -2.36. The Bertz CT molecular complexity index is 1770. The van der Waals surface area contributed by atoms with E-state index in [1.165, 1.54) is 48.5 Å². The van der Waals surface area contributed by atoms with Gasteiger partial charge in [0.05, 0.1) is 22.5 Å². The Morgan fingerprint density at radius 3 is 1.24 bits per heavy atom. The number of nitrogens with zero attached hydrogens (tertiary/aromatic N) is 2. The van der Waals surface area contributed by atoms with E-state index in [2.05, 4.69) is 12.1 Å². The number of hydrogen-bond acceptors (Lipinski definition) is 6. The molecule has 0 spiro atoms. The Kier molecular flexibility index (Phi) is 10.3. The first kappa shape index (κ1) is 34.1. The third-order valence-electron chi connectivity index (χ3n) is 6.27. The van der Waals surface area contributed by atoms with E-state index in [1.807, 2.05) is 0 Å². The largest absolute Gasteiger partial charge is 1.00 e. The van der Waals surface area contributed by atoms with Crippen LogP contribution < -0.4 is 67.7 Å². The van der Waals surface area contributed by atoms with Gasteiger partial charge in [-0.1, -0.05) is 49.5 Å². The third kappa shape index (κ3) is 6.29. The van der Waals surface area contributed by atoms with Crippen molar-refractivity contribution in [2.75, 3.05) is 8.61 Å². The number of carbonyl (C=O) groups is 2. The summed E-state index contributed by atoms with van der Waals surface area (Å²) >= 11 is 0. The number of rotatable bonds is 6. The van der Waals surface area contributed by atoms with Gasteiger partial charge in [-0.15, -0.1) is 12.1 Å². The second-order valence-corrected chi connectivity index (χ2v) is 11.6. The summed E-state index contributed by atoms with van der Waals surface area (Å²) in [5.41, 5.74) is -0.800. The Morgan fingerprint density at radius 2 is 0.952 bits per heavy atom. The number of fused-ring (bicyclic) bond motifs is 2. The molecule has 0 amide bonds. The fourth-order valence-corrected chi connectivity index (χ4v) is 6.05. The van der Waals surface area contributed by atoms with Crippen molar-refractivity contribution in [1.29, 1.82) is 0 Å². The van der Waals surface area contributed by atoms with Crippen molar-refractivity contribution < 1.29 is 94.6 Å². The van der Waals surface area contributed by atoms with E-state index in [0.717, 1.165) is 23.3 Å². The molecule has 4 aromatic carbocycles. The van der Waals surface area contributed by atoms with Gasteiger partial charge in [0.2, 0.25) is 0 Å². The molecule has 204 valence electrons. The van der Waals surface area contributed by atoms with Crippen molar-refractivity contribution in [3.63, 3.8) is 0 Å². The van der Waals surface area contributed by atoms with E-state index in [0.29, 0.717) is 8.61 Å². The quantitative estimate of drug-likeness (QED) is 0.133. The van der Waals surface area contributed by atoms with E-state index < -0.39 is 54.7 Å². The van der Waals surface area contributed by atoms with Gasteiger partial charge >= 0.3 is 79.7 Å². The predicted octanol–water partition coefficient (Wildman–Crippen LogP) is -1.43. The summed E-state index contributed by atoms with van der Waals surface area (Å²) in [4.78, 5) is 27.8. The average Bonchev–Trinajstić information content (AvgIpc) is 2.89. The molecular weight excluding hydrogens is 602 g/mol. The summed E-state index contributed by atoms with van der Waals surface area (Å²) in [5.74, 6) is -1.60. The summed E-state index contributed by atoms with van der Waals surface area (Å²) in [6.07, 6.45) is 0. The van der Waals surface area contributed by atoms with Gasteiger partial charge in [-0.05, 0) is 12.1 Å². The van der Waals surface area contributed by atoms with Crippen LogP contribution in [0.2, 0.25) is 0 Å². The second kappa shape index (κ2) is 12.7. The van der Waals surface area contributed by atoms with Crippen LogP contribution in [0, 0.1) is 26.0 Å². The van der Waals surface area contributed by atoms with Crippen molar-refractivity contribution in [1.82, 2.24) is 0 Å². The standard InChI is InChI=1S/C28H20N2O8S2.2Na/c1-17-7-11-19(12-8-17)29(39(33,34)35)23-15-16-24(30(40(36,37)38)20-13-9-18(2)10-14-20)26-25(23)27(31)21-5-3-4-6-22(21)28(26)32;;/h3-11,13,15-16H,1-2H3,(H,33,34,35)(H,36,37,38);;/q-2;2*+1. The third-order valence-corrected chi connectivity index (χ3v) is 7.98. The van der Waals surface area contributed by atoms with Gasteiger partial charge in [-0.2, -0.15) is 64.4 Å². The number of benzene rings is 4. The average molecular weight is 623 g/mol. The number of anilines is 4. The van der Waals surface area contributed by atoms with E-state index in [9.17, 15) is 35.5 Å². The molecule has 14 heteroatoms. The van der Waals surface area contributed by atoms with Gasteiger partial charge in [0.25, 0.3) is 0 Å². The van der Waals surface area contributed by atoms with E-state index in [1.54, 1.807) is 26.0 Å². The molecule has 10 nitrogen and oxygen atoms in total. The molecular formula is C28H20N2Na2O8S2. The van der Waals surface area contributed by atoms with Crippen molar-refractivity contribution in [3.8, 4) is 0 Å². The Morgan fingerprint density at radius 1 is 0.595 bits per heavy atom. The molecule has 1 aliphatic carbocycles. The molecule has 5 rings (SSSR count). The minimum absolute atomic E-state index is 0. The second-order valence-electron chi connectivity index (χ2n) is 9.04. The van der Waals surface area contributed by atoms with Gasteiger partial charge in [0.1, 0.15) is 0 Å². The van der Waals surface area contributed by atoms with Gasteiger partial charge in [0, 0.05) is 11.1 Å². The molecule has 0 heterocycles. The predicted molar refractivity (Wildman–Crippen MR) is 147 cm³/mol. The molecule has 0 unspecified atom stereocenters. The Labute approximate surface area is 287 Å². The molecule has 0 saturated heterocycles. The van der Waals surface area contributed by atoms with Crippen molar-refractivity contribution in [2.45, 2.75) is 13.8 Å². The maximum Gasteiger partial charge on any atom is 1.00 e. The molecule has 0 radical (unpaired) electrons. The van der Waals surface area contributed by atoms with Crippen molar-refractivity contribution in [3.05, 3.63) is 118 Å². The van der Waals surface area contributed by atoms with E-state index in [4.69, 9.17) is 0 Å². The summed E-state index contributed by atoms with van der Waals surface area (Å²) in [5, 5.41) is 0. The van der Waals surface area contributed by atoms with Crippen LogP contribution in [0.4, 0.5) is 22.7 Å². The number of carbonyl (C=O) groups excluding carboxylic acids is 2. The van der Waals surface area contributed by atoms with E-state index >= 15 is 0 Å². The van der Waals surface area contributed by atoms with Crippen LogP contribution in [-0.4, -0.2) is 37.5 Å². The smallest absolute Gasteiger partial charge is 0.288 e. The maximum atomic E-state index is 13.9. The zero-order chi connectivity index (χ0) is 29.0. The van der Waals surface area contributed by atoms with Crippen LogP contribution in [0.5, 0.6) is 0 Å². The summed E-state index contributed by atoms with van der Waals surface area (Å²) in [6.45, 7) is 3.47. The summed E-state index contributed by atoms with van der Waals surface area (Å²) < 4.78 is 72.1. The Balaban J connectivity index is 0.00000242. The van der Waals surface area contributed by atoms with Gasteiger partial charge in [-0.3, -0.25) is 18.7 Å². The van der Waals surface area contributed by atoms with Crippen molar-refractivity contribution >= 4 is 54.9 Å². The van der Waals surface area contributed by atoms with Crippen LogP contribution in [-0.2, 0) is 20.6 Å². The molecule has 1 aliphatic rings. The first-order valence-corrected chi connectivity index (χ1v) is 14.5. The van der Waals surface area contributed by atoms with Crippen LogP contribution in [0.15, 0.2) is 72.8 Å². The monoisotopic (exact) mass is 622 g/mol. The number of aryl methyl sites for hydroxylation is 2. The van der Waals surface area contributed by atoms with E-state index in [-0.39, 0.29) is 81.6 Å². The molecule has 42 heavy (non-hydrogen) atoms. The molecule has 0 atom stereocenters. The SMILES string of the molecule is Cc1c[c-]c(N(c2ccc(N(c3[c-]cc(C)cc3)S(=O)(=O)O)c3c2C(=O)c2ccccc2C3=O)S(=O)(=O)O)cc1.[Na+].[Na+]. The normalized spacial score (nSPS) is 12.4. The minimum atomic E-state index is -5.10. The zero-order valence-corrected chi connectivity index (χ0v) is 28.6. The molecule has 0 aromatic heterocycles.